The zero-order valence-electron chi connectivity index (χ0n) is 13.0. The molecular weight excluding hydrogens is 251 g/mol. The van der Waals surface area contributed by atoms with Crippen LogP contribution in [0.2, 0.25) is 0 Å². The Hall–Kier alpha value is -0.930. The first-order valence-corrected chi connectivity index (χ1v) is 7.75. The van der Waals surface area contributed by atoms with Crippen molar-refractivity contribution in [1.29, 1.82) is 0 Å². The van der Waals surface area contributed by atoms with Crippen molar-refractivity contribution >= 4 is 0 Å². The molecule has 1 N–H and O–H groups in total. The third-order valence-corrected chi connectivity index (χ3v) is 4.56. The fourth-order valence-corrected chi connectivity index (χ4v) is 2.97. The summed E-state index contributed by atoms with van der Waals surface area (Å²) in [5.41, 5.74) is 2.56. The van der Waals surface area contributed by atoms with Crippen molar-refractivity contribution in [3.63, 3.8) is 0 Å². The van der Waals surface area contributed by atoms with Gasteiger partial charge in [0.25, 0.3) is 0 Å². The zero-order valence-corrected chi connectivity index (χ0v) is 13.0. The summed E-state index contributed by atoms with van der Waals surface area (Å²) in [4.78, 5) is 2.55. The molecule has 0 radical (unpaired) electrons. The molecule has 0 spiro atoms. The van der Waals surface area contributed by atoms with Gasteiger partial charge < -0.3 is 10.2 Å². The molecule has 1 aliphatic rings. The monoisotopic (exact) mass is 278 g/mol. The van der Waals surface area contributed by atoms with Crippen LogP contribution in [0.15, 0.2) is 18.2 Å². The third-order valence-electron chi connectivity index (χ3n) is 4.56. The molecule has 0 saturated carbocycles. The molecule has 20 heavy (non-hydrogen) atoms. The van der Waals surface area contributed by atoms with E-state index in [-0.39, 0.29) is 11.4 Å². The minimum atomic E-state index is -0.135. The van der Waals surface area contributed by atoms with E-state index in [4.69, 9.17) is 0 Å². The van der Waals surface area contributed by atoms with Gasteiger partial charge in [0.1, 0.15) is 5.82 Å². The second kappa shape index (κ2) is 6.68. The van der Waals surface area contributed by atoms with Gasteiger partial charge in [0.2, 0.25) is 0 Å². The van der Waals surface area contributed by atoms with Crippen LogP contribution in [-0.4, -0.2) is 36.6 Å². The van der Waals surface area contributed by atoms with Crippen LogP contribution in [0, 0.1) is 12.7 Å². The van der Waals surface area contributed by atoms with Gasteiger partial charge in [0, 0.05) is 18.6 Å². The number of hydrogen-bond donors (Lipinski definition) is 1. The molecular formula is C17H27FN2. The number of nitrogens with one attached hydrogen (secondary N) is 1. The molecule has 1 heterocycles. The molecule has 1 aliphatic heterocycles. The van der Waals surface area contributed by atoms with Crippen LogP contribution in [0.5, 0.6) is 0 Å². The largest absolute Gasteiger partial charge is 0.310 e. The van der Waals surface area contributed by atoms with E-state index in [1.807, 2.05) is 13.0 Å². The Bertz CT molecular complexity index is 447. The quantitative estimate of drug-likeness (QED) is 0.910. The van der Waals surface area contributed by atoms with E-state index in [2.05, 4.69) is 24.1 Å². The van der Waals surface area contributed by atoms with E-state index in [1.54, 1.807) is 12.1 Å². The van der Waals surface area contributed by atoms with Gasteiger partial charge in [-0.05, 0) is 69.5 Å². The first-order valence-electron chi connectivity index (χ1n) is 7.75. The minimum Gasteiger partial charge on any atom is -0.310 e. The normalized spacial score (nSPS) is 24.6. The second-order valence-electron chi connectivity index (χ2n) is 6.29. The Morgan fingerprint density at radius 2 is 2.20 bits per heavy atom. The highest BCUT2D eigenvalue weighted by Gasteiger charge is 2.26. The molecule has 0 aromatic heterocycles. The van der Waals surface area contributed by atoms with Gasteiger partial charge in [-0.3, -0.25) is 0 Å². The lowest BCUT2D eigenvalue weighted by molar-refractivity contribution is 0.217. The summed E-state index contributed by atoms with van der Waals surface area (Å²) in [6, 6.07) is 5.14. The summed E-state index contributed by atoms with van der Waals surface area (Å²) in [6.45, 7) is 11.0. The Morgan fingerprint density at radius 1 is 1.40 bits per heavy atom. The van der Waals surface area contributed by atoms with Gasteiger partial charge in [-0.15, -0.1) is 0 Å². The van der Waals surface area contributed by atoms with Crippen LogP contribution in [0.4, 0.5) is 4.39 Å². The van der Waals surface area contributed by atoms with Crippen molar-refractivity contribution in [2.75, 3.05) is 26.2 Å². The average Bonchev–Trinajstić information content (AvgIpc) is 2.60. The fourth-order valence-electron chi connectivity index (χ4n) is 2.97. The molecule has 3 heteroatoms. The topological polar surface area (TPSA) is 15.3 Å². The summed E-state index contributed by atoms with van der Waals surface area (Å²) in [5.74, 6) is -0.135. The molecule has 1 unspecified atom stereocenters. The highest BCUT2D eigenvalue weighted by atomic mass is 19.1. The number of rotatable bonds is 4. The van der Waals surface area contributed by atoms with E-state index in [0.29, 0.717) is 0 Å². The van der Waals surface area contributed by atoms with Crippen molar-refractivity contribution < 1.29 is 4.39 Å². The first-order chi connectivity index (χ1) is 9.52. The van der Waals surface area contributed by atoms with Crippen LogP contribution in [0.1, 0.15) is 37.8 Å². The van der Waals surface area contributed by atoms with Crippen molar-refractivity contribution in [3.8, 4) is 0 Å². The molecule has 2 rings (SSSR count). The van der Waals surface area contributed by atoms with Crippen LogP contribution in [0.25, 0.3) is 0 Å². The molecule has 112 valence electrons. The van der Waals surface area contributed by atoms with Crippen molar-refractivity contribution in [2.24, 2.45) is 0 Å². The number of hydrogen-bond acceptors (Lipinski definition) is 2. The third kappa shape index (κ3) is 4.03. The zero-order chi connectivity index (χ0) is 14.6. The lowest BCUT2D eigenvalue weighted by Gasteiger charge is -2.32. The highest BCUT2D eigenvalue weighted by molar-refractivity contribution is 5.26. The van der Waals surface area contributed by atoms with Crippen LogP contribution in [-0.2, 0) is 6.42 Å². The van der Waals surface area contributed by atoms with Gasteiger partial charge in [0.05, 0.1) is 0 Å². The molecule has 1 atom stereocenters. The van der Waals surface area contributed by atoms with Crippen molar-refractivity contribution in [1.82, 2.24) is 10.2 Å². The van der Waals surface area contributed by atoms with E-state index < -0.39 is 0 Å². The molecule has 1 saturated heterocycles. The molecule has 0 aliphatic carbocycles. The van der Waals surface area contributed by atoms with Gasteiger partial charge in [-0.1, -0.05) is 13.0 Å². The maximum atomic E-state index is 13.1. The van der Waals surface area contributed by atoms with Gasteiger partial charge in [-0.25, -0.2) is 4.39 Å². The van der Waals surface area contributed by atoms with Crippen LogP contribution < -0.4 is 5.32 Å². The maximum absolute atomic E-state index is 13.1. The SMILES string of the molecule is CCC1(C)CN(CCc2ccc(F)cc2C)CCCN1. The Balaban J connectivity index is 1.95. The summed E-state index contributed by atoms with van der Waals surface area (Å²) in [5, 5.41) is 3.66. The van der Waals surface area contributed by atoms with Gasteiger partial charge in [-0.2, -0.15) is 0 Å². The molecule has 1 aromatic rings. The van der Waals surface area contributed by atoms with Crippen LogP contribution >= 0.6 is 0 Å². The van der Waals surface area contributed by atoms with Gasteiger partial charge in [0.15, 0.2) is 0 Å². The first kappa shape index (κ1) is 15.5. The van der Waals surface area contributed by atoms with Gasteiger partial charge >= 0.3 is 0 Å². The van der Waals surface area contributed by atoms with Crippen molar-refractivity contribution in [3.05, 3.63) is 35.1 Å². The van der Waals surface area contributed by atoms with Crippen LogP contribution in [0.3, 0.4) is 0 Å². The predicted molar refractivity (Wildman–Crippen MR) is 82.6 cm³/mol. The Kier molecular flexibility index (Phi) is 5.17. The molecule has 0 bridgehead atoms. The maximum Gasteiger partial charge on any atom is 0.123 e. The smallest absolute Gasteiger partial charge is 0.123 e. The summed E-state index contributed by atoms with van der Waals surface area (Å²) in [6.07, 6.45) is 3.36. The minimum absolute atomic E-state index is 0.135. The predicted octanol–water partition coefficient (Wildman–Crippen LogP) is 3.14. The van der Waals surface area contributed by atoms with Crippen molar-refractivity contribution in [2.45, 2.75) is 45.6 Å². The van der Waals surface area contributed by atoms with E-state index in [1.165, 1.54) is 12.0 Å². The Labute approximate surface area is 122 Å². The number of halogens is 1. The summed E-state index contributed by atoms with van der Waals surface area (Å²) in [7, 11) is 0. The lowest BCUT2D eigenvalue weighted by Crippen LogP contribution is -2.48. The molecule has 1 aromatic carbocycles. The molecule has 1 fully saturated rings. The lowest BCUT2D eigenvalue weighted by atomic mass is 9.98. The Morgan fingerprint density at radius 3 is 2.90 bits per heavy atom. The van der Waals surface area contributed by atoms with E-state index in [0.717, 1.165) is 44.6 Å². The van der Waals surface area contributed by atoms with E-state index >= 15 is 0 Å². The molecule has 0 amide bonds. The second-order valence-corrected chi connectivity index (χ2v) is 6.29. The fraction of sp³-hybridized carbons (Fsp3) is 0.647. The van der Waals surface area contributed by atoms with E-state index in [9.17, 15) is 4.39 Å². The summed E-state index contributed by atoms with van der Waals surface area (Å²) < 4.78 is 13.1. The number of benzene rings is 1. The number of nitrogens with zero attached hydrogens (tertiary/aromatic N) is 1. The molecule has 2 nitrogen and oxygen atoms in total. The standard InChI is InChI=1S/C17H27FN2/c1-4-17(3)13-20(10-5-9-19-17)11-8-15-6-7-16(18)12-14(15)2/h6-7,12,19H,4-5,8-11,13H2,1-3H3. The number of aryl methyl sites for hydroxylation is 1. The highest BCUT2D eigenvalue weighted by Crippen LogP contribution is 2.17. The average molecular weight is 278 g/mol. The summed E-state index contributed by atoms with van der Waals surface area (Å²) >= 11 is 0.